The van der Waals surface area contributed by atoms with E-state index in [-0.39, 0.29) is 12.3 Å². The van der Waals surface area contributed by atoms with E-state index in [1.165, 1.54) is 14.2 Å². The number of H-pyrrole nitrogens is 1. The molecule has 0 unspecified atom stereocenters. The highest BCUT2D eigenvalue weighted by Crippen LogP contribution is 2.39. The molecule has 2 rings (SSSR count). The number of terminal acetylenes is 1. The Kier molecular flexibility index (Phi) is 4.06. The molecule has 1 N–H and O–H groups in total. The lowest BCUT2D eigenvalue weighted by Crippen LogP contribution is -2.05. The first-order chi connectivity index (χ1) is 9.63. The lowest BCUT2D eigenvalue weighted by atomic mass is 10.2. The van der Waals surface area contributed by atoms with Crippen LogP contribution in [-0.2, 0) is 4.74 Å². The molecule has 0 aliphatic rings. The SMILES string of the molecule is C#CCOc1c(C(=O)OC)[nH]c2c(OC)c(Cl)ccc12. The smallest absolute Gasteiger partial charge is 0.358 e. The number of methoxy groups -OCH3 is 2. The van der Waals surface area contributed by atoms with Crippen molar-refractivity contribution < 1.29 is 19.0 Å². The van der Waals surface area contributed by atoms with Crippen LogP contribution >= 0.6 is 11.6 Å². The number of esters is 1. The number of aromatic amines is 1. The number of ether oxygens (including phenoxy) is 3. The summed E-state index contributed by atoms with van der Waals surface area (Å²) in [6.45, 7) is 0.0297. The highest BCUT2D eigenvalue weighted by molar-refractivity contribution is 6.33. The number of carbonyl (C=O) groups is 1. The van der Waals surface area contributed by atoms with Gasteiger partial charge in [-0.05, 0) is 12.1 Å². The summed E-state index contributed by atoms with van der Waals surface area (Å²) >= 11 is 6.05. The zero-order valence-corrected chi connectivity index (χ0v) is 11.7. The topological polar surface area (TPSA) is 60.5 Å². The molecule has 1 aromatic heterocycles. The molecule has 6 heteroatoms. The van der Waals surface area contributed by atoms with Crippen LogP contribution in [0.25, 0.3) is 10.9 Å². The van der Waals surface area contributed by atoms with Gasteiger partial charge in [0.25, 0.3) is 0 Å². The Bertz CT molecular complexity index is 699. The Labute approximate surface area is 120 Å². The molecule has 0 radical (unpaired) electrons. The van der Waals surface area contributed by atoms with Crippen molar-refractivity contribution in [2.75, 3.05) is 20.8 Å². The fraction of sp³-hybridized carbons (Fsp3) is 0.214. The molecule has 0 amide bonds. The molecule has 0 atom stereocenters. The second-order valence-corrected chi connectivity index (χ2v) is 4.22. The summed E-state index contributed by atoms with van der Waals surface area (Å²) in [6.07, 6.45) is 5.18. The van der Waals surface area contributed by atoms with Gasteiger partial charge in [0.1, 0.15) is 6.61 Å². The van der Waals surface area contributed by atoms with Crippen LogP contribution in [0.15, 0.2) is 12.1 Å². The van der Waals surface area contributed by atoms with Crippen LogP contribution in [0, 0.1) is 12.3 Å². The number of halogens is 1. The molecule has 0 aliphatic heterocycles. The van der Waals surface area contributed by atoms with E-state index in [4.69, 9.17) is 32.2 Å². The lowest BCUT2D eigenvalue weighted by molar-refractivity contribution is 0.0591. The maximum atomic E-state index is 11.8. The van der Waals surface area contributed by atoms with E-state index in [0.29, 0.717) is 27.4 Å². The molecule has 0 spiro atoms. The van der Waals surface area contributed by atoms with Crippen LogP contribution in [0.4, 0.5) is 0 Å². The zero-order chi connectivity index (χ0) is 14.7. The summed E-state index contributed by atoms with van der Waals surface area (Å²) in [6, 6.07) is 3.37. The monoisotopic (exact) mass is 293 g/mol. The highest BCUT2D eigenvalue weighted by atomic mass is 35.5. The second-order valence-electron chi connectivity index (χ2n) is 3.82. The number of aromatic nitrogens is 1. The summed E-state index contributed by atoms with van der Waals surface area (Å²) in [4.78, 5) is 14.7. The molecular weight excluding hydrogens is 282 g/mol. The van der Waals surface area contributed by atoms with E-state index in [1.807, 2.05) is 0 Å². The third-order valence-corrected chi connectivity index (χ3v) is 3.02. The molecule has 1 aromatic carbocycles. The van der Waals surface area contributed by atoms with E-state index in [0.717, 1.165) is 0 Å². The van der Waals surface area contributed by atoms with Crippen LogP contribution in [-0.4, -0.2) is 31.8 Å². The van der Waals surface area contributed by atoms with Crippen molar-refractivity contribution in [3.05, 3.63) is 22.8 Å². The average molecular weight is 294 g/mol. The Morgan fingerprint density at radius 3 is 2.75 bits per heavy atom. The minimum absolute atomic E-state index is 0.0297. The third kappa shape index (κ3) is 2.26. The molecule has 0 saturated carbocycles. The predicted molar refractivity (Wildman–Crippen MR) is 75.5 cm³/mol. The van der Waals surface area contributed by atoms with Crippen LogP contribution in [0.5, 0.6) is 11.5 Å². The first kappa shape index (κ1) is 14.1. The van der Waals surface area contributed by atoms with Gasteiger partial charge in [0, 0.05) is 5.39 Å². The predicted octanol–water partition coefficient (Wildman–Crippen LogP) is 2.63. The van der Waals surface area contributed by atoms with E-state index >= 15 is 0 Å². The first-order valence-electron chi connectivity index (χ1n) is 5.66. The molecule has 0 fully saturated rings. The minimum atomic E-state index is -0.564. The Morgan fingerprint density at radius 1 is 1.40 bits per heavy atom. The van der Waals surface area contributed by atoms with Gasteiger partial charge in [-0.3, -0.25) is 0 Å². The van der Waals surface area contributed by atoms with Crippen LogP contribution in [0.1, 0.15) is 10.5 Å². The first-order valence-corrected chi connectivity index (χ1v) is 6.04. The van der Waals surface area contributed by atoms with Crippen molar-refractivity contribution in [3.63, 3.8) is 0 Å². The van der Waals surface area contributed by atoms with Gasteiger partial charge in [0.15, 0.2) is 17.2 Å². The number of rotatable bonds is 4. The number of hydrogen-bond donors (Lipinski definition) is 1. The van der Waals surface area contributed by atoms with Crippen molar-refractivity contribution in [2.45, 2.75) is 0 Å². The number of carbonyl (C=O) groups excluding carboxylic acids is 1. The quantitative estimate of drug-likeness (QED) is 0.695. The van der Waals surface area contributed by atoms with Gasteiger partial charge in [-0.25, -0.2) is 4.79 Å². The normalized spacial score (nSPS) is 10.1. The standard InChI is InChI=1S/C14H12ClNO4/c1-4-7-20-12-8-5-6-9(15)13(18-2)10(8)16-11(12)14(17)19-3/h1,5-6,16H,7H2,2-3H3. The minimum Gasteiger partial charge on any atom is -0.493 e. The van der Waals surface area contributed by atoms with Gasteiger partial charge in [0.05, 0.1) is 24.8 Å². The number of benzene rings is 1. The fourth-order valence-electron chi connectivity index (χ4n) is 1.90. The molecule has 2 aromatic rings. The van der Waals surface area contributed by atoms with Gasteiger partial charge in [-0.15, -0.1) is 6.42 Å². The van der Waals surface area contributed by atoms with Crippen LogP contribution < -0.4 is 9.47 Å². The summed E-state index contributed by atoms with van der Waals surface area (Å²) < 4.78 is 15.4. The van der Waals surface area contributed by atoms with Crippen LogP contribution in [0.2, 0.25) is 5.02 Å². The number of fused-ring (bicyclic) bond motifs is 1. The van der Waals surface area contributed by atoms with Crippen LogP contribution in [0.3, 0.4) is 0 Å². The van der Waals surface area contributed by atoms with Crippen molar-refractivity contribution in [1.82, 2.24) is 4.98 Å². The van der Waals surface area contributed by atoms with Crippen molar-refractivity contribution in [2.24, 2.45) is 0 Å². The maximum absolute atomic E-state index is 11.8. The average Bonchev–Trinajstić information content (AvgIpc) is 2.82. The largest absolute Gasteiger partial charge is 0.493 e. The van der Waals surface area contributed by atoms with Gasteiger partial charge in [-0.1, -0.05) is 17.5 Å². The summed E-state index contributed by atoms with van der Waals surface area (Å²) in [5.41, 5.74) is 0.714. The molecule has 0 saturated heterocycles. The van der Waals surface area contributed by atoms with E-state index < -0.39 is 5.97 Å². The maximum Gasteiger partial charge on any atom is 0.358 e. The Balaban J connectivity index is 2.71. The van der Waals surface area contributed by atoms with Gasteiger partial charge in [-0.2, -0.15) is 0 Å². The third-order valence-electron chi connectivity index (χ3n) is 2.72. The van der Waals surface area contributed by atoms with Crippen molar-refractivity contribution in [3.8, 4) is 23.8 Å². The molecule has 5 nitrogen and oxygen atoms in total. The van der Waals surface area contributed by atoms with Crippen molar-refractivity contribution in [1.29, 1.82) is 0 Å². The second kappa shape index (κ2) is 5.76. The number of hydrogen-bond acceptors (Lipinski definition) is 4. The Morgan fingerprint density at radius 2 is 2.15 bits per heavy atom. The highest BCUT2D eigenvalue weighted by Gasteiger charge is 2.22. The Hall–Kier alpha value is -2.32. The van der Waals surface area contributed by atoms with E-state index in [2.05, 4.69) is 10.9 Å². The van der Waals surface area contributed by atoms with E-state index in [1.54, 1.807) is 12.1 Å². The molecule has 104 valence electrons. The molecule has 1 heterocycles. The lowest BCUT2D eigenvalue weighted by Gasteiger charge is -2.05. The summed E-state index contributed by atoms with van der Waals surface area (Å²) in [5, 5.41) is 1.06. The summed E-state index contributed by atoms with van der Waals surface area (Å²) in [7, 11) is 2.77. The van der Waals surface area contributed by atoms with Crippen molar-refractivity contribution >= 4 is 28.5 Å². The molecule has 0 bridgehead atoms. The van der Waals surface area contributed by atoms with E-state index in [9.17, 15) is 4.79 Å². The fourth-order valence-corrected chi connectivity index (χ4v) is 2.13. The molecule has 20 heavy (non-hydrogen) atoms. The zero-order valence-electron chi connectivity index (χ0n) is 11.0. The summed E-state index contributed by atoms with van der Waals surface area (Å²) in [5.74, 6) is 2.53. The van der Waals surface area contributed by atoms with Gasteiger partial charge >= 0.3 is 5.97 Å². The van der Waals surface area contributed by atoms with Gasteiger partial charge in [0.2, 0.25) is 0 Å². The van der Waals surface area contributed by atoms with Gasteiger partial charge < -0.3 is 19.2 Å². The molecule has 0 aliphatic carbocycles. The molecular formula is C14H12ClNO4. The number of nitrogens with one attached hydrogen (secondary N) is 1.